The molecule has 0 saturated carbocycles. The molecule has 0 saturated heterocycles. The van der Waals surface area contributed by atoms with Gasteiger partial charge in [-0.3, -0.25) is 9.59 Å². The van der Waals surface area contributed by atoms with E-state index in [4.69, 9.17) is 4.74 Å². The van der Waals surface area contributed by atoms with Crippen LogP contribution in [0, 0.1) is 0 Å². The molecule has 2 atom stereocenters. The number of hydrogen-bond donors (Lipinski definition) is 3. The van der Waals surface area contributed by atoms with Gasteiger partial charge in [-0.15, -0.1) is 0 Å². The quantitative estimate of drug-likeness (QED) is 0.0320. The Balaban J connectivity index is 3.40. The Morgan fingerprint density at radius 1 is 0.384 bits per heavy atom. The summed E-state index contributed by atoms with van der Waals surface area (Å²) in [6.45, 7) is 4.86. The Morgan fingerprint density at radius 3 is 1.07 bits per heavy atom. The summed E-state index contributed by atoms with van der Waals surface area (Å²) in [4.78, 5) is 24.5. The summed E-state index contributed by atoms with van der Waals surface area (Å²) in [5.74, 6) is -0.0679. The fourth-order valence-corrected chi connectivity index (χ4v) is 9.58. The van der Waals surface area contributed by atoms with Crippen LogP contribution in [0.1, 0.15) is 328 Å². The number of allylic oxidation sites excluding steroid dienone is 9. The maximum Gasteiger partial charge on any atom is 0.305 e. The van der Waals surface area contributed by atoms with E-state index in [0.717, 1.165) is 57.8 Å². The Bertz CT molecular complexity index is 1270. The van der Waals surface area contributed by atoms with Crippen molar-refractivity contribution in [2.75, 3.05) is 13.2 Å². The van der Waals surface area contributed by atoms with Gasteiger partial charge in [0.15, 0.2) is 0 Å². The van der Waals surface area contributed by atoms with Gasteiger partial charge in [0, 0.05) is 12.8 Å². The molecule has 6 nitrogen and oxygen atoms in total. The molecule has 73 heavy (non-hydrogen) atoms. The highest BCUT2D eigenvalue weighted by Gasteiger charge is 2.18. The molecule has 0 radical (unpaired) electrons. The van der Waals surface area contributed by atoms with Crippen molar-refractivity contribution >= 4 is 11.9 Å². The summed E-state index contributed by atoms with van der Waals surface area (Å²) in [6.07, 6.45) is 81.4. The lowest BCUT2D eigenvalue weighted by molar-refractivity contribution is -0.143. The molecule has 2 unspecified atom stereocenters. The molecule has 3 N–H and O–H groups in total. The topological polar surface area (TPSA) is 95.9 Å². The minimum atomic E-state index is -0.844. The van der Waals surface area contributed by atoms with Gasteiger partial charge in [0.05, 0.1) is 25.4 Å². The van der Waals surface area contributed by atoms with Crippen LogP contribution in [0.3, 0.4) is 0 Å². The highest BCUT2D eigenvalue weighted by atomic mass is 16.5. The zero-order valence-corrected chi connectivity index (χ0v) is 48.6. The lowest BCUT2D eigenvalue weighted by Gasteiger charge is -2.20. The van der Waals surface area contributed by atoms with Gasteiger partial charge in [-0.2, -0.15) is 0 Å². The number of esters is 1. The normalized spacial score (nSPS) is 13.0. The molecule has 0 aromatic rings. The van der Waals surface area contributed by atoms with Crippen molar-refractivity contribution in [3.05, 3.63) is 60.8 Å². The van der Waals surface area contributed by atoms with Crippen molar-refractivity contribution in [2.45, 2.75) is 341 Å². The molecule has 0 bridgehead atoms. The van der Waals surface area contributed by atoms with Gasteiger partial charge >= 0.3 is 5.97 Å². The van der Waals surface area contributed by atoms with Crippen LogP contribution < -0.4 is 5.32 Å². The zero-order valence-electron chi connectivity index (χ0n) is 48.6. The molecular formula is C67H123NO5. The van der Waals surface area contributed by atoms with Crippen LogP contribution in [0.4, 0.5) is 0 Å². The first kappa shape index (κ1) is 70.6. The number of aliphatic hydroxyl groups is 2. The number of unbranched alkanes of at least 4 members (excludes halogenated alkanes) is 40. The van der Waals surface area contributed by atoms with Gasteiger partial charge in [-0.05, 0) is 96.3 Å². The lowest BCUT2D eigenvalue weighted by atomic mass is 10.0. The van der Waals surface area contributed by atoms with Gasteiger partial charge < -0.3 is 20.3 Å². The second-order valence-electron chi connectivity index (χ2n) is 21.7. The summed E-state index contributed by atoms with van der Waals surface area (Å²) in [5, 5.41) is 23.0. The van der Waals surface area contributed by atoms with Crippen molar-refractivity contribution in [1.82, 2.24) is 5.32 Å². The number of ether oxygens (including phenoxy) is 1. The standard InChI is InChI=1S/C67H123NO5/c1-3-5-7-9-11-13-15-16-17-31-35-38-41-45-49-53-57-61-67(72)73-62-58-54-50-46-42-39-36-33-30-28-26-24-22-20-18-19-21-23-25-27-29-32-34-37-40-44-48-52-56-60-66(71)68-64(63-69)65(70)59-55-51-47-43-14-12-10-8-6-4-2/h11,13,16-18,20,24,26,55,59,64-65,69-70H,3-10,12,14-15,19,21-23,25,27-54,56-58,60-63H2,1-2H3,(H,68,71)/b13-11-,17-16-,20-18-,26-24-,59-55+. The monoisotopic (exact) mass is 1020 g/mol. The van der Waals surface area contributed by atoms with E-state index in [1.165, 1.54) is 244 Å². The largest absolute Gasteiger partial charge is 0.466 e. The third-order valence-electron chi connectivity index (χ3n) is 14.5. The molecule has 0 rings (SSSR count). The van der Waals surface area contributed by atoms with Crippen molar-refractivity contribution in [2.24, 2.45) is 0 Å². The number of amides is 1. The molecule has 0 aromatic carbocycles. The molecule has 0 fully saturated rings. The first-order chi connectivity index (χ1) is 36.0. The predicted molar refractivity (Wildman–Crippen MR) is 319 cm³/mol. The fourth-order valence-electron chi connectivity index (χ4n) is 9.58. The second kappa shape index (κ2) is 62.1. The van der Waals surface area contributed by atoms with E-state index in [1.807, 2.05) is 6.08 Å². The van der Waals surface area contributed by atoms with E-state index in [-0.39, 0.29) is 18.5 Å². The summed E-state index contributed by atoms with van der Waals surface area (Å²) >= 11 is 0. The Morgan fingerprint density at radius 2 is 0.685 bits per heavy atom. The first-order valence-corrected chi connectivity index (χ1v) is 32.1. The molecule has 0 aliphatic rings. The number of carbonyl (C=O) groups is 2. The van der Waals surface area contributed by atoms with E-state index < -0.39 is 12.1 Å². The number of aliphatic hydroxyl groups excluding tert-OH is 2. The summed E-state index contributed by atoms with van der Waals surface area (Å²) in [6, 6.07) is -0.628. The molecule has 1 amide bonds. The Labute approximate surface area is 454 Å². The van der Waals surface area contributed by atoms with Crippen molar-refractivity contribution in [3.8, 4) is 0 Å². The van der Waals surface area contributed by atoms with Crippen molar-refractivity contribution < 1.29 is 24.5 Å². The zero-order chi connectivity index (χ0) is 52.9. The minimum Gasteiger partial charge on any atom is -0.466 e. The van der Waals surface area contributed by atoms with Gasteiger partial charge in [0.2, 0.25) is 5.91 Å². The van der Waals surface area contributed by atoms with Crippen molar-refractivity contribution in [3.63, 3.8) is 0 Å². The average molecular weight is 1020 g/mol. The number of rotatable bonds is 59. The van der Waals surface area contributed by atoms with Crippen LogP contribution in [0.25, 0.3) is 0 Å². The minimum absolute atomic E-state index is 0.00331. The molecule has 0 aliphatic carbocycles. The van der Waals surface area contributed by atoms with Crippen LogP contribution >= 0.6 is 0 Å². The third-order valence-corrected chi connectivity index (χ3v) is 14.5. The Hall–Kier alpha value is -2.44. The van der Waals surface area contributed by atoms with E-state index in [1.54, 1.807) is 6.08 Å². The molecule has 6 heteroatoms. The maximum absolute atomic E-state index is 12.4. The van der Waals surface area contributed by atoms with Gasteiger partial charge in [-0.25, -0.2) is 0 Å². The molecular weight excluding hydrogens is 899 g/mol. The number of hydrogen-bond acceptors (Lipinski definition) is 5. The lowest BCUT2D eigenvalue weighted by Crippen LogP contribution is -2.45. The van der Waals surface area contributed by atoms with Crippen LogP contribution in [0.5, 0.6) is 0 Å². The number of nitrogens with one attached hydrogen (secondary N) is 1. The summed E-state index contributed by atoms with van der Waals surface area (Å²) < 4.78 is 5.49. The van der Waals surface area contributed by atoms with Gasteiger partial charge in [0.25, 0.3) is 0 Å². The highest BCUT2D eigenvalue weighted by molar-refractivity contribution is 5.76. The molecule has 0 spiro atoms. The van der Waals surface area contributed by atoms with Gasteiger partial charge in [0.1, 0.15) is 0 Å². The fraction of sp³-hybridized carbons (Fsp3) is 0.821. The van der Waals surface area contributed by atoms with Crippen molar-refractivity contribution in [1.29, 1.82) is 0 Å². The molecule has 0 heterocycles. The number of carbonyl (C=O) groups excluding carboxylic acids is 2. The Kier molecular flexibility index (Phi) is 60.0. The average Bonchev–Trinajstić information content (AvgIpc) is 3.39. The highest BCUT2D eigenvalue weighted by Crippen LogP contribution is 2.16. The van der Waals surface area contributed by atoms with E-state index >= 15 is 0 Å². The SMILES string of the molecule is CCCCC/C=C\C/C=C\CCCCCCCCCC(=O)OCCCCCCCCCCC/C=C\C/C=C\CCCCCCCCCCCCCCCC(=O)NC(CO)C(O)/C=C/CCCCCCCCCC. The van der Waals surface area contributed by atoms with E-state index in [2.05, 4.69) is 67.8 Å². The third kappa shape index (κ3) is 58.7. The summed E-state index contributed by atoms with van der Waals surface area (Å²) in [7, 11) is 0. The smallest absolute Gasteiger partial charge is 0.305 e. The van der Waals surface area contributed by atoms with Crippen LogP contribution in [0.15, 0.2) is 60.8 Å². The predicted octanol–water partition coefficient (Wildman–Crippen LogP) is 20.3. The maximum atomic E-state index is 12.4. The van der Waals surface area contributed by atoms with E-state index in [9.17, 15) is 19.8 Å². The van der Waals surface area contributed by atoms with Gasteiger partial charge in [-0.1, -0.05) is 280 Å². The summed E-state index contributed by atoms with van der Waals surface area (Å²) in [5.41, 5.74) is 0. The molecule has 426 valence electrons. The van der Waals surface area contributed by atoms with Crippen LogP contribution in [0.2, 0.25) is 0 Å². The second-order valence-corrected chi connectivity index (χ2v) is 21.7. The van der Waals surface area contributed by atoms with E-state index in [0.29, 0.717) is 19.4 Å². The first-order valence-electron chi connectivity index (χ1n) is 32.1. The van der Waals surface area contributed by atoms with Crippen LogP contribution in [-0.4, -0.2) is 47.4 Å². The van der Waals surface area contributed by atoms with Crippen LogP contribution in [-0.2, 0) is 14.3 Å². The molecule has 0 aromatic heterocycles. The molecule has 0 aliphatic heterocycles.